The lowest BCUT2D eigenvalue weighted by atomic mass is 10.0. The minimum Gasteiger partial charge on any atom is -0.376 e. The number of amides is 2. The van der Waals surface area contributed by atoms with Gasteiger partial charge in [-0.05, 0) is 46.7 Å². The molecule has 0 saturated carbocycles. The molecule has 31 heavy (non-hydrogen) atoms. The molecule has 0 spiro atoms. The van der Waals surface area contributed by atoms with E-state index in [-0.39, 0.29) is 12.5 Å². The van der Waals surface area contributed by atoms with Crippen LogP contribution >= 0.6 is 0 Å². The Morgan fingerprint density at radius 3 is 2.45 bits per heavy atom. The van der Waals surface area contributed by atoms with E-state index in [0.717, 1.165) is 22.6 Å². The van der Waals surface area contributed by atoms with Gasteiger partial charge in [-0.3, -0.25) is 14.3 Å². The molecule has 9 heteroatoms. The van der Waals surface area contributed by atoms with Crippen LogP contribution in [0.2, 0.25) is 0 Å². The molecule has 3 aromatic rings. The third-order valence-corrected chi connectivity index (χ3v) is 5.01. The highest BCUT2D eigenvalue weighted by Gasteiger charge is 2.11. The van der Waals surface area contributed by atoms with Crippen molar-refractivity contribution in [1.82, 2.24) is 10.0 Å². The van der Waals surface area contributed by atoms with E-state index in [1.165, 1.54) is 0 Å². The Morgan fingerprint density at radius 1 is 1.03 bits per heavy atom. The summed E-state index contributed by atoms with van der Waals surface area (Å²) in [6.07, 6.45) is 0.912. The van der Waals surface area contributed by atoms with Crippen LogP contribution in [0.15, 0.2) is 60.7 Å². The number of rotatable bonds is 7. The SMILES string of the molecule is CS(=O)(=O)NC(=O)CNc1ccc2c(C(=O)NCc3ccc(C#N)cc3)cccc2c1. The lowest BCUT2D eigenvalue weighted by molar-refractivity contribution is -0.117. The van der Waals surface area contributed by atoms with Crippen molar-refractivity contribution in [3.8, 4) is 6.07 Å². The summed E-state index contributed by atoms with van der Waals surface area (Å²) in [4.78, 5) is 24.3. The number of hydrogen-bond acceptors (Lipinski definition) is 6. The largest absolute Gasteiger partial charge is 0.376 e. The number of carbonyl (C=O) groups excluding carboxylic acids is 2. The molecule has 3 rings (SSSR count). The van der Waals surface area contributed by atoms with Crippen molar-refractivity contribution in [3.05, 3.63) is 77.4 Å². The number of nitriles is 1. The molecule has 0 aliphatic rings. The summed E-state index contributed by atoms with van der Waals surface area (Å²) >= 11 is 0. The fraction of sp³-hybridized carbons (Fsp3) is 0.136. The smallest absolute Gasteiger partial charge is 0.252 e. The maximum absolute atomic E-state index is 12.7. The maximum atomic E-state index is 12.7. The van der Waals surface area contributed by atoms with Crippen molar-refractivity contribution < 1.29 is 18.0 Å². The standard InChI is InChI=1S/C22H20N4O4S/c1-31(29,30)26-21(27)14-24-18-9-10-19-17(11-18)3-2-4-20(19)22(28)25-13-16-7-5-15(12-23)6-8-16/h2-11,24H,13-14H2,1H3,(H,25,28)(H,26,27). The van der Waals surface area contributed by atoms with E-state index < -0.39 is 15.9 Å². The first-order valence-corrected chi connectivity index (χ1v) is 11.2. The summed E-state index contributed by atoms with van der Waals surface area (Å²) in [5.41, 5.74) is 2.56. The molecule has 0 atom stereocenters. The van der Waals surface area contributed by atoms with Gasteiger partial charge in [-0.1, -0.05) is 30.3 Å². The molecule has 0 heterocycles. The molecule has 2 amide bonds. The minimum absolute atomic E-state index is 0.205. The Labute approximate surface area is 179 Å². The summed E-state index contributed by atoms with van der Waals surface area (Å²) in [5, 5.41) is 16.1. The topological polar surface area (TPSA) is 128 Å². The Balaban J connectivity index is 1.69. The summed E-state index contributed by atoms with van der Waals surface area (Å²) in [5.74, 6) is -0.901. The molecule has 8 nitrogen and oxygen atoms in total. The second-order valence-electron chi connectivity index (χ2n) is 6.88. The molecule has 0 aliphatic carbocycles. The highest BCUT2D eigenvalue weighted by atomic mass is 32.2. The number of carbonyl (C=O) groups is 2. The van der Waals surface area contributed by atoms with Gasteiger partial charge in [-0.25, -0.2) is 8.42 Å². The molecular formula is C22H20N4O4S. The highest BCUT2D eigenvalue weighted by molar-refractivity contribution is 7.89. The first kappa shape index (κ1) is 21.8. The molecule has 158 valence electrons. The monoisotopic (exact) mass is 436 g/mol. The van der Waals surface area contributed by atoms with Crippen LogP contribution in [-0.2, 0) is 21.4 Å². The number of nitrogens with zero attached hydrogens (tertiary/aromatic N) is 1. The quantitative estimate of drug-likeness (QED) is 0.521. The zero-order chi connectivity index (χ0) is 22.4. The molecule has 3 aromatic carbocycles. The second-order valence-corrected chi connectivity index (χ2v) is 8.63. The van der Waals surface area contributed by atoms with Crippen molar-refractivity contribution in [2.45, 2.75) is 6.54 Å². The first-order chi connectivity index (χ1) is 14.7. The predicted molar refractivity (Wildman–Crippen MR) is 118 cm³/mol. The van der Waals surface area contributed by atoms with Crippen LogP contribution in [0.3, 0.4) is 0 Å². The van der Waals surface area contributed by atoms with Gasteiger partial charge in [-0.15, -0.1) is 0 Å². The van der Waals surface area contributed by atoms with Crippen LogP contribution in [0.5, 0.6) is 0 Å². The molecule has 0 bridgehead atoms. The summed E-state index contributed by atoms with van der Waals surface area (Å²) in [6.45, 7) is 0.124. The van der Waals surface area contributed by atoms with Gasteiger partial charge in [-0.2, -0.15) is 5.26 Å². The van der Waals surface area contributed by atoms with E-state index >= 15 is 0 Å². The van der Waals surface area contributed by atoms with E-state index in [2.05, 4.69) is 16.7 Å². The van der Waals surface area contributed by atoms with Gasteiger partial charge in [0.2, 0.25) is 10.0 Å². The van der Waals surface area contributed by atoms with Crippen LogP contribution < -0.4 is 15.4 Å². The van der Waals surface area contributed by atoms with Crippen LogP contribution in [0, 0.1) is 11.3 Å². The number of fused-ring (bicyclic) bond motifs is 1. The van der Waals surface area contributed by atoms with Crippen molar-refractivity contribution in [2.75, 3.05) is 18.1 Å². The molecule has 0 unspecified atom stereocenters. The number of hydrogen-bond donors (Lipinski definition) is 3. The van der Waals surface area contributed by atoms with Crippen LogP contribution in [-0.4, -0.2) is 33.0 Å². The van der Waals surface area contributed by atoms with Gasteiger partial charge in [0, 0.05) is 17.8 Å². The lowest BCUT2D eigenvalue weighted by Crippen LogP contribution is -2.34. The molecule has 0 fully saturated rings. The van der Waals surface area contributed by atoms with Crippen LogP contribution in [0.1, 0.15) is 21.5 Å². The van der Waals surface area contributed by atoms with Crippen molar-refractivity contribution in [3.63, 3.8) is 0 Å². The van der Waals surface area contributed by atoms with Crippen LogP contribution in [0.25, 0.3) is 10.8 Å². The third-order valence-electron chi connectivity index (χ3n) is 4.41. The Morgan fingerprint density at radius 2 is 1.77 bits per heavy atom. The third kappa shape index (κ3) is 6.04. The van der Waals surface area contributed by atoms with Gasteiger partial charge in [0.15, 0.2) is 0 Å². The number of anilines is 1. The van der Waals surface area contributed by atoms with Crippen LogP contribution in [0.4, 0.5) is 5.69 Å². The van der Waals surface area contributed by atoms with E-state index in [1.807, 2.05) is 10.8 Å². The minimum atomic E-state index is -3.60. The van der Waals surface area contributed by atoms with E-state index in [4.69, 9.17) is 5.26 Å². The predicted octanol–water partition coefficient (Wildman–Crippen LogP) is 2.13. The van der Waals surface area contributed by atoms with Gasteiger partial charge < -0.3 is 10.6 Å². The van der Waals surface area contributed by atoms with Crippen molar-refractivity contribution in [2.24, 2.45) is 0 Å². The van der Waals surface area contributed by atoms with Gasteiger partial charge in [0.1, 0.15) is 0 Å². The highest BCUT2D eigenvalue weighted by Crippen LogP contribution is 2.23. The van der Waals surface area contributed by atoms with Gasteiger partial charge in [0.25, 0.3) is 11.8 Å². The summed E-state index contributed by atoms with van der Waals surface area (Å²) in [6, 6.07) is 19.6. The molecule has 0 radical (unpaired) electrons. The normalized spacial score (nSPS) is 10.8. The molecule has 0 aliphatic heterocycles. The summed E-state index contributed by atoms with van der Waals surface area (Å²) < 4.78 is 24.1. The first-order valence-electron chi connectivity index (χ1n) is 9.30. The number of sulfonamides is 1. The fourth-order valence-electron chi connectivity index (χ4n) is 2.99. The van der Waals surface area contributed by atoms with E-state index in [9.17, 15) is 18.0 Å². The van der Waals surface area contributed by atoms with Gasteiger partial charge >= 0.3 is 0 Å². The average Bonchev–Trinajstić information content (AvgIpc) is 2.74. The number of nitrogens with one attached hydrogen (secondary N) is 3. The Hall–Kier alpha value is -3.90. The molecular weight excluding hydrogens is 416 g/mol. The Bertz CT molecular complexity index is 1280. The molecule has 0 aromatic heterocycles. The zero-order valence-corrected chi connectivity index (χ0v) is 17.5. The average molecular weight is 436 g/mol. The zero-order valence-electron chi connectivity index (χ0n) is 16.7. The maximum Gasteiger partial charge on any atom is 0.252 e. The number of benzene rings is 3. The fourth-order valence-corrected chi connectivity index (χ4v) is 3.48. The van der Waals surface area contributed by atoms with Gasteiger partial charge in [0.05, 0.1) is 24.4 Å². The van der Waals surface area contributed by atoms with Crippen molar-refractivity contribution >= 4 is 38.3 Å². The van der Waals surface area contributed by atoms with E-state index in [1.54, 1.807) is 54.6 Å². The Kier molecular flexibility index (Phi) is 6.52. The van der Waals surface area contributed by atoms with Crippen molar-refractivity contribution in [1.29, 1.82) is 5.26 Å². The van der Waals surface area contributed by atoms with E-state index in [0.29, 0.717) is 23.4 Å². The molecule has 0 saturated heterocycles. The summed E-state index contributed by atoms with van der Waals surface area (Å²) in [7, 11) is -3.60. The molecule has 3 N–H and O–H groups in total. The second kappa shape index (κ2) is 9.28. The lowest BCUT2D eigenvalue weighted by Gasteiger charge is -2.11.